The molecule has 0 radical (unpaired) electrons. The minimum absolute atomic E-state index is 0.0829. The normalized spacial score (nSPS) is 43.3. The quantitative estimate of drug-likeness (QED) is 0.906. The Balaban J connectivity index is 1.68. The Bertz CT molecular complexity index is 633. The molecule has 1 heterocycles. The number of rotatable bonds is 2. The number of benzene rings is 1. The van der Waals surface area contributed by atoms with Crippen LogP contribution < -0.4 is 5.32 Å². The van der Waals surface area contributed by atoms with Gasteiger partial charge in [0.15, 0.2) is 5.60 Å². The van der Waals surface area contributed by atoms with Gasteiger partial charge in [0, 0.05) is 10.8 Å². The van der Waals surface area contributed by atoms with Crippen molar-refractivity contribution >= 4 is 11.6 Å². The Labute approximate surface area is 123 Å². The SMILES string of the molecule is C[C@@]12CC[C@H]3C[C@@]1(C(=O)Nc1ccccc1F)OC[C@]32C. The summed E-state index contributed by atoms with van der Waals surface area (Å²) in [5.74, 6) is -0.0417. The summed E-state index contributed by atoms with van der Waals surface area (Å²) in [6, 6.07) is 6.28. The highest BCUT2D eigenvalue weighted by molar-refractivity contribution is 5.99. The Morgan fingerprint density at radius 2 is 2.14 bits per heavy atom. The smallest absolute Gasteiger partial charge is 0.257 e. The summed E-state index contributed by atoms with van der Waals surface area (Å²) in [6.45, 7) is 5.06. The molecule has 4 heteroatoms. The van der Waals surface area contributed by atoms with Crippen LogP contribution in [0.25, 0.3) is 0 Å². The summed E-state index contributed by atoms with van der Waals surface area (Å²) < 4.78 is 19.8. The molecule has 21 heavy (non-hydrogen) atoms. The third-order valence-electron chi connectivity index (χ3n) is 6.69. The van der Waals surface area contributed by atoms with E-state index in [1.165, 1.54) is 12.5 Å². The Hall–Kier alpha value is -1.42. The largest absolute Gasteiger partial charge is 0.364 e. The second-order valence-corrected chi connectivity index (χ2v) is 7.24. The molecule has 3 fully saturated rings. The van der Waals surface area contributed by atoms with E-state index >= 15 is 0 Å². The monoisotopic (exact) mass is 289 g/mol. The highest BCUT2D eigenvalue weighted by Gasteiger charge is 2.78. The summed E-state index contributed by atoms with van der Waals surface area (Å²) in [7, 11) is 0. The molecule has 1 aromatic rings. The predicted molar refractivity (Wildman–Crippen MR) is 77.3 cm³/mol. The first kappa shape index (κ1) is 13.3. The van der Waals surface area contributed by atoms with E-state index in [0.29, 0.717) is 12.5 Å². The molecule has 1 aliphatic heterocycles. The van der Waals surface area contributed by atoms with Crippen molar-refractivity contribution in [2.75, 3.05) is 11.9 Å². The van der Waals surface area contributed by atoms with E-state index in [1.54, 1.807) is 18.2 Å². The average Bonchev–Trinajstić information content (AvgIpc) is 2.93. The zero-order valence-electron chi connectivity index (χ0n) is 12.4. The van der Waals surface area contributed by atoms with E-state index < -0.39 is 11.4 Å². The highest BCUT2D eigenvalue weighted by Crippen LogP contribution is 2.75. The zero-order chi connectivity index (χ0) is 14.9. The van der Waals surface area contributed by atoms with Gasteiger partial charge in [-0.1, -0.05) is 26.0 Å². The standard InChI is InChI=1S/C17H20FNO2/c1-15-10-21-17(9-11(15)7-8-16(15,17)2)14(20)19-13-6-4-3-5-12(13)18/h3-6,11H,7-10H2,1-2H3,(H,19,20)/t11-,15+,16-,17-/m0/s1. The van der Waals surface area contributed by atoms with Crippen molar-refractivity contribution in [1.82, 2.24) is 0 Å². The lowest BCUT2D eigenvalue weighted by Gasteiger charge is -2.40. The average molecular weight is 289 g/mol. The lowest BCUT2D eigenvalue weighted by atomic mass is 9.66. The molecular weight excluding hydrogens is 269 g/mol. The molecule has 4 rings (SSSR count). The second-order valence-electron chi connectivity index (χ2n) is 7.24. The van der Waals surface area contributed by atoms with E-state index in [9.17, 15) is 9.18 Å². The number of ether oxygens (including phenoxy) is 1. The van der Waals surface area contributed by atoms with Crippen molar-refractivity contribution < 1.29 is 13.9 Å². The van der Waals surface area contributed by atoms with Crippen molar-refractivity contribution in [2.45, 2.75) is 38.7 Å². The molecule has 1 N–H and O–H groups in total. The van der Waals surface area contributed by atoms with Crippen LogP contribution in [0.5, 0.6) is 0 Å². The molecule has 0 unspecified atom stereocenters. The fourth-order valence-corrected chi connectivity index (χ4v) is 5.04. The second kappa shape index (κ2) is 3.86. The zero-order valence-corrected chi connectivity index (χ0v) is 12.4. The number of nitrogens with one attached hydrogen (secondary N) is 1. The first-order chi connectivity index (χ1) is 9.93. The lowest BCUT2D eigenvalue weighted by molar-refractivity contribution is -0.149. The van der Waals surface area contributed by atoms with E-state index in [2.05, 4.69) is 19.2 Å². The molecule has 2 aliphatic carbocycles. The first-order valence-corrected chi connectivity index (χ1v) is 7.63. The highest BCUT2D eigenvalue weighted by atomic mass is 19.1. The lowest BCUT2D eigenvalue weighted by Crippen LogP contribution is -2.52. The van der Waals surface area contributed by atoms with Gasteiger partial charge in [-0.2, -0.15) is 0 Å². The Morgan fingerprint density at radius 1 is 1.38 bits per heavy atom. The van der Waals surface area contributed by atoms with Gasteiger partial charge < -0.3 is 10.1 Å². The number of hydrogen-bond acceptors (Lipinski definition) is 2. The molecule has 4 bridgehead atoms. The van der Waals surface area contributed by atoms with Crippen molar-refractivity contribution in [3.05, 3.63) is 30.1 Å². The minimum Gasteiger partial charge on any atom is -0.364 e. The van der Waals surface area contributed by atoms with Gasteiger partial charge in [0.05, 0.1) is 12.3 Å². The van der Waals surface area contributed by atoms with Crippen LogP contribution in [0.3, 0.4) is 0 Å². The minimum atomic E-state index is -0.785. The van der Waals surface area contributed by atoms with Crippen LogP contribution in [0, 0.1) is 22.6 Å². The van der Waals surface area contributed by atoms with Gasteiger partial charge in [0.1, 0.15) is 5.82 Å². The van der Waals surface area contributed by atoms with Crippen LogP contribution in [-0.2, 0) is 9.53 Å². The summed E-state index contributed by atoms with van der Waals surface area (Å²) in [6.07, 6.45) is 2.95. The van der Waals surface area contributed by atoms with E-state index in [0.717, 1.165) is 12.8 Å². The summed E-state index contributed by atoms with van der Waals surface area (Å²) in [5, 5.41) is 2.76. The molecule has 0 spiro atoms. The summed E-state index contributed by atoms with van der Waals surface area (Å²) >= 11 is 0. The molecule has 1 aromatic carbocycles. The molecule has 3 aliphatic rings. The maximum atomic E-state index is 13.8. The molecule has 2 saturated carbocycles. The number of anilines is 1. The van der Waals surface area contributed by atoms with Gasteiger partial charge in [-0.3, -0.25) is 4.79 Å². The number of para-hydroxylation sites is 1. The summed E-state index contributed by atoms with van der Waals surface area (Å²) in [5.41, 5.74) is -0.604. The molecule has 4 atom stereocenters. The van der Waals surface area contributed by atoms with Crippen molar-refractivity contribution in [2.24, 2.45) is 16.7 Å². The molecule has 0 aromatic heterocycles. The first-order valence-electron chi connectivity index (χ1n) is 7.63. The third kappa shape index (κ3) is 1.35. The molecular formula is C17H20FNO2. The molecule has 1 saturated heterocycles. The molecule has 3 nitrogen and oxygen atoms in total. The van der Waals surface area contributed by atoms with E-state index in [4.69, 9.17) is 4.74 Å². The number of carbonyl (C=O) groups is 1. The predicted octanol–water partition coefficient (Wildman–Crippen LogP) is 3.36. The van der Waals surface area contributed by atoms with Crippen molar-refractivity contribution in [1.29, 1.82) is 0 Å². The topological polar surface area (TPSA) is 38.3 Å². The summed E-state index contributed by atoms with van der Waals surface area (Å²) in [4.78, 5) is 12.9. The van der Waals surface area contributed by atoms with Gasteiger partial charge in [-0.25, -0.2) is 4.39 Å². The van der Waals surface area contributed by atoms with Gasteiger partial charge in [-0.05, 0) is 37.3 Å². The van der Waals surface area contributed by atoms with Gasteiger partial charge in [0.2, 0.25) is 0 Å². The maximum absolute atomic E-state index is 13.8. The van der Waals surface area contributed by atoms with Crippen LogP contribution in [0.4, 0.5) is 10.1 Å². The Kier molecular flexibility index (Phi) is 2.44. The van der Waals surface area contributed by atoms with E-state index in [1.807, 2.05) is 0 Å². The van der Waals surface area contributed by atoms with Gasteiger partial charge >= 0.3 is 0 Å². The van der Waals surface area contributed by atoms with E-state index in [-0.39, 0.29) is 22.4 Å². The number of hydrogen-bond donors (Lipinski definition) is 1. The maximum Gasteiger partial charge on any atom is 0.257 e. The third-order valence-corrected chi connectivity index (χ3v) is 6.69. The van der Waals surface area contributed by atoms with Crippen LogP contribution >= 0.6 is 0 Å². The fourth-order valence-electron chi connectivity index (χ4n) is 5.04. The van der Waals surface area contributed by atoms with Crippen LogP contribution in [0.2, 0.25) is 0 Å². The van der Waals surface area contributed by atoms with Crippen LogP contribution in [-0.4, -0.2) is 18.1 Å². The molecule has 1 amide bonds. The van der Waals surface area contributed by atoms with Crippen LogP contribution in [0.15, 0.2) is 24.3 Å². The van der Waals surface area contributed by atoms with Gasteiger partial charge in [-0.15, -0.1) is 0 Å². The fraction of sp³-hybridized carbons (Fsp3) is 0.588. The van der Waals surface area contributed by atoms with Crippen LogP contribution in [0.1, 0.15) is 33.1 Å². The Morgan fingerprint density at radius 3 is 2.81 bits per heavy atom. The van der Waals surface area contributed by atoms with Crippen molar-refractivity contribution in [3.8, 4) is 0 Å². The van der Waals surface area contributed by atoms with Gasteiger partial charge in [0.25, 0.3) is 5.91 Å². The number of amides is 1. The number of carbonyl (C=O) groups excluding carboxylic acids is 1. The van der Waals surface area contributed by atoms with Crippen molar-refractivity contribution in [3.63, 3.8) is 0 Å². The number of halogens is 1. The molecule has 112 valence electrons.